The molecule has 1 atom stereocenters. The smallest absolute Gasteiger partial charge is 0.306 e. The number of hydrogen-bond acceptors (Lipinski definition) is 6. The Morgan fingerprint density at radius 2 is 1.86 bits per heavy atom. The number of amides is 1. The average Bonchev–Trinajstić information content (AvgIpc) is 2.88. The summed E-state index contributed by atoms with van der Waals surface area (Å²) in [7, 11) is 1.59. The molecule has 1 N–H and O–H groups in total. The molecule has 0 spiro atoms. The summed E-state index contributed by atoms with van der Waals surface area (Å²) in [5.74, 6) is -0.0643. The second-order valence-corrected chi connectivity index (χ2v) is 9.34. The van der Waals surface area contributed by atoms with Crippen LogP contribution in [-0.2, 0) is 27.1 Å². The molecule has 1 heterocycles. The number of ether oxygens (including phenoxy) is 2. The van der Waals surface area contributed by atoms with E-state index in [-0.39, 0.29) is 17.8 Å². The lowest BCUT2D eigenvalue weighted by atomic mass is 9.82. The maximum Gasteiger partial charge on any atom is 0.306 e. The molecule has 186 valence electrons. The topological polar surface area (TPSA) is 80.2 Å². The molecule has 1 amide bonds. The van der Waals surface area contributed by atoms with Gasteiger partial charge in [0.2, 0.25) is 0 Å². The molecule has 2 aromatic rings. The highest BCUT2D eigenvalue weighted by atomic mass is 16.6. The summed E-state index contributed by atoms with van der Waals surface area (Å²) < 4.78 is 10.1. The van der Waals surface area contributed by atoms with Crippen molar-refractivity contribution in [3.05, 3.63) is 64.7 Å². The van der Waals surface area contributed by atoms with Gasteiger partial charge >= 0.3 is 5.97 Å². The van der Waals surface area contributed by atoms with Crippen molar-refractivity contribution in [3.63, 3.8) is 0 Å². The van der Waals surface area contributed by atoms with E-state index in [4.69, 9.17) is 9.47 Å². The third-order valence-corrected chi connectivity index (χ3v) is 6.68. The Kier molecular flexibility index (Phi) is 8.90. The summed E-state index contributed by atoms with van der Waals surface area (Å²) in [6.07, 6.45) is 8.65. The van der Waals surface area contributed by atoms with E-state index in [0.717, 1.165) is 43.6 Å². The van der Waals surface area contributed by atoms with Crippen molar-refractivity contribution in [1.82, 2.24) is 5.01 Å². The summed E-state index contributed by atoms with van der Waals surface area (Å²) in [6.45, 7) is 2.73. The minimum absolute atomic E-state index is 0.140. The Morgan fingerprint density at radius 1 is 1.06 bits per heavy atom. The largest absolute Gasteiger partial charge is 0.463 e. The quantitative estimate of drug-likeness (QED) is 0.328. The van der Waals surface area contributed by atoms with Gasteiger partial charge in [0, 0.05) is 37.9 Å². The van der Waals surface area contributed by atoms with Crippen LogP contribution >= 0.6 is 0 Å². The molecule has 7 nitrogen and oxygen atoms in total. The zero-order valence-electron chi connectivity index (χ0n) is 20.5. The fourth-order valence-electron chi connectivity index (χ4n) is 4.68. The summed E-state index contributed by atoms with van der Waals surface area (Å²) in [6, 6.07) is 13.6. The number of fused-ring (bicyclic) bond motifs is 1. The maximum absolute atomic E-state index is 12.8. The van der Waals surface area contributed by atoms with Gasteiger partial charge in [-0.2, -0.15) is 5.10 Å². The lowest BCUT2D eigenvalue weighted by Crippen LogP contribution is -2.24. The molecule has 1 aliphatic heterocycles. The van der Waals surface area contributed by atoms with E-state index in [1.807, 2.05) is 42.6 Å². The highest BCUT2D eigenvalue weighted by Crippen LogP contribution is 2.30. The zero-order valence-corrected chi connectivity index (χ0v) is 20.5. The number of carbonyl (C=O) groups is 2. The number of nitrogens with zero attached hydrogens (tertiary/aromatic N) is 2. The molecule has 1 fully saturated rings. The van der Waals surface area contributed by atoms with Gasteiger partial charge in [0.15, 0.2) is 0 Å². The van der Waals surface area contributed by atoms with Gasteiger partial charge in [0.25, 0.3) is 5.91 Å². The first-order valence-corrected chi connectivity index (χ1v) is 12.6. The Bertz CT molecular complexity index is 1030. The number of hydrogen-bond donors (Lipinski definition) is 1. The van der Waals surface area contributed by atoms with E-state index >= 15 is 0 Å². The molecule has 7 heteroatoms. The number of esters is 1. The molecule has 0 radical (unpaired) electrons. The Balaban J connectivity index is 1.31. The molecule has 35 heavy (non-hydrogen) atoms. The fraction of sp³-hybridized carbons (Fsp3) is 0.464. The van der Waals surface area contributed by atoms with Crippen LogP contribution in [-0.4, -0.2) is 56.5 Å². The van der Waals surface area contributed by atoms with Gasteiger partial charge in [-0.3, -0.25) is 14.6 Å². The molecule has 4 rings (SSSR count). The minimum Gasteiger partial charge on any atom is -0.463 e. The van der Waals surface area contributed by atoms with Gasteiger partial charge < -0.3 is 14.8 Å². The first-order valence-electron chi connectivity index (χ1n) is 12.6. The summed E-state index contributed by atoms with van der Waals surface area (Å²) in [4.78, 5) is 24.9. The predicted molar refractivity (Wildman–Crippen MR) is 137 cm³/mol. The molecule has 1 aliphatic carbocycles. The van der Waals surface area contributed by atoms with Crippen molar-refractivity contribution >= 4 is 23.8 Å². The number of carbonyl (C=O) groups excluding carboxylic acids is 2. The van der Waals surface area contributed by atoms with E-state index in [0.29, 0.717) is 25.2 Å². The second-order valence-electron chi connectivity index (χ2n) is 9.34. The number of nitrogens with one attached hydrogen (secondary N) is 1. The van der Waals surface area contributed by atoms with Crippen molar-refractivity contribution in [1.29, 1.82) is 0 Å². The van der Waals surface area contributed by atoms with Crippen LogP contribution in [0.3, 0.4) is 0 Å². The molecular formula is C28H35N3O4. The summed E-state index contributed by atoms with van der Waals surface area (Å²) in [5.41, 5.74) is 4.83. The molecule has 0 saturated carbocycles. The normalized spacial score (nSPS) is 17.7. The lowest BCUT2D eigenvalue weighted by Gasteiger charge is -2.24. The van der Waals surface area contributed by atoms with Crippen molar-refractivity contribution in [2.24, 2.45) is 11.0 Å². The molecule has 1 unspecified atom stereocenters. The number of methoxy groups -OCH3 is 1. The van der Waals surface area contributed by atoms with E-state index in [2.05, 4.69) is 21.5 Å². The van der Waals surface area contributed by atoms with Crippen molar-refractivity contribution in [2.75, 3.05) is 38.7 Å². The summed E-state index contributed by atoms with van der Waals surface area (Å²) >= 11 is 0. The molecular weight excluding hydrogens is 442 g/mol. The highest BCUT2D eigenvalue weighted by Gasteiger charge is 2.22. The SMILES string of the molecule is COCCOC(=O)CC1CCc2ccc(NC(=O)c3ccc(C=NN4CCCCC4)cc3)cc2C1. The Hall–Kier alpha value is -3.19. The van der Waals surface area contributed by atoms with E-state index < -0.39 is 0 Å². The van der Waals surface area contributed by atoms with Crippen LogP contribution in [0.15, 0.2) is 47.6 Å². The fourth-order valence-corrected chi connectivity index (χ4v) is 4.68. The Labute approximate surface area is 207 Å². The predicted octanol–water partition coefficient (Wildman–Crippen LogP) is 4.44. The third kappa shape index (κ3) is 7.39. The summed E-state index contributed by atoms with van der Waals surface area (Å²) in [5, 5.41) is 9.67. The molecule has 2 aliphatic rings. The van der Waals surface area contributed by atoms with Crippen LogP contribution in [0, 0.1) is 5.92 Å². The number of piperidine rings is 1. The van der Waals surface area contributed by atoms with Crippen LogP contribution in [0.4, 0.5) is 5.69 Å². The second kappa shape index (κ2) is 12.5. The van der Waals surface area contributed by atoms with Crippen molar-refractivity contribution in [3.8, 4) is 0 Å². The van der Waals surface area contributed by atoms with Crippen LogP contribution in [0.2, 0.25) is 0 Å². The number of rotatable bonds is 9. The Morgan fingerprint density at radius 3 is 2.63 bits per heavy atom. The molecule has 1 saturated heterocycles. The number of anilines is 1. The van der Waals surface area contributed by atoms with E-state index in [9.17, 15) is 9.59 Å². The zero-order chi connectivity index (χ0) is 24.5. The first-order chi connectivity index (χ1) is 17.1. The standard InChI is InChI=1S/C28H35N3O4/c1-34-15-16-35-27(32)18-22-7-8-23-11-12-26(19-25(23)17-22)30-28(33)24-9-5-21(6-10-24)20-29-31-13-3-2-4-14-31/h5-6,9-12,19-20,22H,2-4,7-8,13-18H2,1H3,(H,30,33). The van der Waals surface area contributed by atoms with Crippen LogP contribution in [0.5, 0.6) is 0 Å². The number of hydrazone groups is 1. The highest BCUT2D eigenvalue weighted by molar-refractivity contribution is 6.04. The molecule has 2 aromatic carbocycles. The monoisotopic (exact) mass is 477 g/mol. The van der Waals surface area contributed by atoms with Gasteiger partial charge in [-0.1, -0.05) is 18.2 Å². The van der Waals surface area contributed by atoms with Crippen LogP contribution in [0.25, 0.3) is 0 Å². The van der Waals surface area contributed by atoms with Gasteiger partial charge in [-0.05, 0) is 85.4 Å². The van der Waals surface area contributed by atoms with Gasteiger partial charge in [-0.25, -0.2) is 0 Å². The average molecular weight is 478 g/mol. The van der Waals surface area contributed by atoms with Crippen molar-refractivity contribution < 1.29 is 19.1 Å². The van der Waals surface area contributed by atoms with Crippen LogP contribution in [0.1, 0.15) is 59.2 Å². The number of benzene rings is 2. The third-order valence-electron chi connectivity index (χ3n) is 6.68. The van der Waals surface area contributed by atoms with Crippen molar-refractivity contribution in [2.45, 2.75) is 44.9 Å². The van der Waals surface area contributed by atoms with Gasteiger partial charge in [0.05, 0.1) is 12.8 Å². The van der Waals surface area contributed by atoms with Gasteiger partial charge in [-0.15, -0.1) is 0 Å². The molecule has 0 aromatic heterocycles. The van der Waals surface area contributed by atoms with E-state index in [1.54, 1.807) is 7.11 Å². The van der Waals surface area contributed by atoms with E-state index in [1.165, 1.54) is 30.4 Å². The van der Waals surface area contributed by atoms with Gasteiger partial charge in [0.1, 0.15) is 6.61 Å². The van der Waals surface area contributed by atoms with Crippen LogP contribution < -0.4 is 5.32 Å². The first kappa shape index (κ1) is 24.9. The maximum atomic E-state index is 12.8. The lowest BCUT2D eigenvalue weighted by molar-refractivity contribution is -0.146. The molecule has 0 bridgehead atoms. The number of aryl methyl sites for hydroxylation is 1. The minimum atomic E-state index is -0.177.